The maximum Gasteiger partial charge on any atom is 0.237 e. The molecule has 0 radical (unpaired) electrons. The van der Waals surface area contributed by atoms with Crippen molar-refractivity contribution in [1.82, 2.24) is 9.88 Å². The third kappa shape index (κ3) is 2.28. The van der Waals surface area contributed by atoms with Crippen LogP contribution in [0.2, 0.25) is 0 Å². The van der Waals surface area contributed by atoms with Crippen LogP contribution >= 0.6 is 0 Å². The third-order valence-corrected chi connectivity index (χ3v) is 7.07. The molecule has 1 aromatic heterocycles. The summed E-state index contributed by atoms with van der Waals surface area (Å²) in [5.41, 5.74) is 1.73. The zero-order chi connectivity index (χ0) is 19.4. The first-order valence-corrected chi connectivity index (χ1v) is 10.2. The van der Waals surface area contributed by atoms with E-state index < -0.39 is 5.41 Å². The standard InChI is InChI=1S/C23H25N3O2/c1-22(10-4-5-11-22)21(28)26-14-12-23(19(26)16-7-6-13-24-15-16)17-8-2-3-9-18(17)25-20(23)27/h2-3,6-9,13,15,19H,4-5,10-12,14H2,1H3,(H,25,27). The van der Waals surface area contributed by atoms with Crippen molar-refractivity contribution in [3.8, 4) is 0 Å². The van der Waals surface area contributed by atoms with Crippen molar-refractivity contribution >= 4 is 17.5 Å². The minimum absolute atomic E-state index is 0.00516. The van der Waals surface area contributed by atoms with Gasteiger partial charge >= 0.3 is 0 Å². The number of para-hydroxylation sites is 1. The molecule has 1 spiro atoms. The summed E-state index contributed by atoms with van der Waals surface area (Å²) in [5.74, 6) is 0.183. The van der Waals surface area contributed by atoms with E-state index in [4.69, 9.17) is 0 Å². The Morgan fingerprint density at radius 1 is 1.14 bits per heavy atom. The van der Waals surface area contributed by atoms with Gasteiger partial charge in [-0.15, -0.1) is 0 Å². The second-order valence-electron chi connectivity index (χ2n) is 8.68. The maximum atomic E-state index is 13.7. The van der Waals surface area contributed by atoms with E-state index in [1.54, 1.807) is 6.20 Å². The number of rotatable bonds is 2. The summed E-state index contributed by atoms with van der Waals surface area (Å²) < 4.78 is 0. The van der Waals surface area contributed by atoms with Crippen molar-refractivity contribution in [2.24, 2.45) is 5.41 Å². The Morgan fingerprint density at radius 2 is 1.93 bits per heavy atom. The largest absolute Gasteiger partial charge is 0.334 e. The summed E-state index contributed by atoms with van der Waals surface area (Å²) in [5, 5.41) is 3.07. The number of fused-ring (bicyclic) bond motifs is 2. The van der Waals surface area contributed by atoms with E-state index in [2.05, 4.69) is 17.2 Å². The first-order chi connectivity index (χ1) is 13.6. The van der Waals surface area contributed by atoms with Crippen LogP contribution in [0.3, 0.4) is 0 Å². The molecule has 0 bridgehead atoms. The lowest BCUT2D eigenvalue weighted by molar-refractivity contribution is -0.143. The molecule has 28 heavy (non-hydrogen) atoms. The number of carbonyl (C=O) groups excluding carboxylic acids is 2. The van der Waals surface area contributed by atoms with Gasteiger partial charge in [0, 0.05) is 30.0 Å². The van der Waals surface area contributed by atoms with Crippen LogP contribution in [0, 0.1) is 5.41 Å². The number of pyridine rings is 1. The molecule has 1 N–H and O–H groups in total. The van der Waals surface area contributed by atoms with Crippen molar-refractivity contribution in [3.05, 3.63) is 59.9 Å². The van der Waals surface area contributed by atoms with Gasteiger partial charge in [0.25, 0.3) is 0 Å². The minimum atomic E-state index is -0.746. The van der Waals surface area contributed by atoms with Crippen LogP contribution in [0.25, 0.3) is 0 Å². The average molecular weight is 375 g/mol. The van der Waals surface area contributed by atoms with E-state index in [1.165, 1.54) is 0 Å². The lowest BCUT2D eigenvalue weighted by Crippen LogP contribution is -2.46. The number of hydrogen-bond donors (Lipinski definition) is 1. The van der Waals surface area contributed by atoms with Crippen LogP contribution in [-0.4, -0.2) is 28.2 Å². The van der Waals surface area contributed by atoms with Crippen molar-refractivity contribution in [2.75, 3.05) is 11.9 Å². The number of aromatic nitrogens is 1. The van der Waals surface area contributed by atoms with Gasteiger partial charge in [0.1, 0.15) is 5.41 Å². The Hall–Kier alpha value is -2.69. The summed E-state index contributed by atoms with van der Waals surface area (Å²) in [6.07, 6.45) is 8.23. The van der Waals surface area contributed by atoms with Crippen molar-refractivity contribution < 1.29 is 9.59 Å². The molecule has 5 rings (SSSR count). The Balaban J connectivity index is 1.65. The quantitative estimate of drug-likeness (QED) is 0.868. The van der Waals surface area contributed by atoms with Crippen LogP contribution in [0.1, 0.15) is 56.2 Å². The zero-order valence-electron chi connectivity index (χ0n) is 16.1. The van der Waals surface area contributed by atoms with E-state index in [0.717, 1.165) is 42.5 Å². The highest BCUT2D eigenvalue weighted by atomic mass is 16.2. The molecule has 5 heteroatoms. The van der Waals surface area contributed by atoms with Crippen LogP contribution < -0.4 is 5.32 Å². The van der Waals surface area contributed by atoms with E-state index in [0.29, 0.717) is 13.0 Å². The molecule has 5 nitrogen and oxygen atoms in total. The number of hydrogen-bond acceptors (Lipinski definition) is 3. The van der Waals surface area contributed by atoms with Gasteiger partial charge in [-0.2, -0.15) is 0 Å². The van der Waals surface area contributed by atoms with E-state index in [-0.39, 0.29) is 23.3 Å². The molecule has 2 aliphatic heterocycles. The molecule has 2 amide bonds. The fourth-order valence-corrected chi connectivity index (χ4v) is 5.62. The van der Waals surface area contributed by atoms with Crippen LogP contribution in [0.4, 0.5) is 5.69 Å². The average Bonchev–Trinajstić information content (AvgIpc) is 3.40. The van der Waals surface area contributed by atoms with Crippen LogP contribution in [0.5, 0.6) is 0 Å². The Bertz CT molecular complexity index is 936. The van der Waals surface area contributed by atoms with Crippen molar-refractivity contribution in [1.29, 1.82) is 0 Å². The Labute approximate surface area is 165 Å². The molecule has 1 saturated heterocycles. The Morgan fingerprint density at radius 3 is 2.68 bits per heavy atom. The lowest BCUT2D eigenvalue weighted by atomic mass is 9.72. The highest BCUT2D eigenvalue weighted by Gasteiger charge is 2.60. The first kappa shape index (κ1) is 17.4. The van der Waals surface area contributed by atoms with E-state index in [1.807, 2.05) is 47.5 Å². The number of nitrogens with one attached hydrogen (secondary N) is 1. The number of anilines is 1. The predicted octanol–water partition coefficient (Wildman–Crippen LogP) is 3.83. The third-order valence-electron chi connectivity index (χ3n) is 7.07. The van der Waals surface area contributed by atoms with Crippen LogP contribution in [0.15, 0.2) is 48.8 Å². The number of carbonyl (C=O) groups is 2. The van der Waals surface area contributed by atoms with Gasteiger partial charge in [0.05, 0.1) is 6.04 Å². The molecular weight excluding hydrogens is 350 g/mol. The molecule has 1 aliphatic carbocycles. The maximum absolute atomic E-state index is 13.7. The smallest absolute Gasteiger partial charge is 0.237 e. The SMILES string of the molecule is CC1(C(=O)N2CCC3(C(=O)Nc4ccccc43)C2c2cccnc2)CCCC1. The zero-order valence-corrected chi connectivity index (χ0v) is 16.1. The van der Waals surface area contributed by atoms with Gasteiger partial charge in [0.2, 0.25) is 11.8 Å². The summed E-state index contributed by atoms with van der Waals surface area (Å²) in [7, 11) is 0. The summed E-state index contributed by atoms with van der Waals surface area (Å²) in [4.78, 5) is 33.3. The molecule has 1 aromatic carbocycles. The summed E-state index contributed by atoms with van der Waals surface area (Å²) >= 11 is 0. The highest BCUT2D eigenvalue weighted by Crippen LogP contribution is 2.56. The molecule has 2 unspecified atom stereocenters. The van der Waals surface area contributed by atoms with Gasteiger partial charge in [-0.1, -0.05) is 44.0 Å². The van der Waals surface area contributed by atoms with Gasteiger partial charge in [0.15, 0.2) is 0 Å². The summed E-state index contributed by atoms with van der Waals surface area (Å²) in [6.45, 7) is 2.69. The van der Waals surface area contributed by atoms with E-state index in [9.17, 15) is 9.59 Å². The second-order valence-corrected chi connectivity index (χ2v) is 8.68. The monoisotopic (exact) mass is 375 g/mol. The topological polar surface area (TPSA) is 62.3 Å². The number of amides is 2. The number of likely N-dealkylation sites (tertiary alicyclic amines) is 1. The minimum Gasteiger partial charge on any atom is -0.334 e. The van der Waals surface area contributed by atoms with Gasteiger partial charge in [-0.25, -0.2) is 0 Å². The number of benzene rings is 1. The van der Waals surface area contributed by atoms with Crippen LogP contribution in [-0.2, 0) is 15.0 Å². The number of nitrogens with zero attached hydrogens (tertiary/aromatic N) is 2. The fourth-order valence-electron chi connectivity index (χ4n) is 5.62. The second kappa shape index (κ2) is 6.16. The van der Waals surface area contributed by atoms with Crippen molar-refractivity contribution in [3.63, 3.8) is 0 Å². The van der Waals surface area contributed by atoms with Crippen molar-refractivity contribution in [2.45, 2.75) is 50.5 Å². The molecule has 1 saturated carbocycles. The molecule has 2 fully saturated rings. The molecular formula is C23H25N3O2. The summed E-state index contributed by atoms with van der Waals surface area (Å²) in [6, 6.07) is 11.5. The predicted molar refractivity (Wildman–Crippen MR) is 107 cm³/mol. The lowest BCUT2D eigenvalue weighted by Gasteiger charge is -2.37. The fraction of sp³-hybridized carbons (Fsp3) is 0.435. The van der Waals surface area contributed by atoms with Gasteiger partial charge in [-0.3, -0.25) is 14.6 Å². The molecule has 144 valence electrons. The molecule has 3 aliphatic rings. The Kier molecular flexibility index (Phi) is 3.83. The normalized spacial score (nSPS) is 27.8. The van der Waals surface area contributed by atoms with Gasteiger partial charge in [-0.05, 0) is 42.5 Å². The molecule has 3 heterocycles. The van der Waals surface area contributed by atoms with E-state index >= 15 is 0 Å². The molecule has 2 atom stereocenters. The highest BCUT2D eigenvalue weighted by molar-refractivity contribution is 6.07. The first-order valence-electron chi connectivity index (χ1n) is 10.2. The van der Waals surface area contributed by atoms with Gasteiger partial charge < -0.3 is 10.2 Å². The molecule has 2 aromatic rings.